The predicted molar refractivity (Wildman–Crippen MR) is 39.7 cm³/mol. The van der Waals surface area contributed by atoms with Gasteiger partial charge in [-0.25, -0.2) is 0 Å². The van der Waals surface area contributed by atoms with E-state index in [2.05, 4.69) is 6.92 Å². The molecule has 0 N–H and O–H groups in total. The lowest BCUT2D eigenvalue weighted by molar-refractivity contribution is -0.137. The summed E-state index contributed by atoms with van der Waals surface area (Å²) in [5, 5.41) is 0. The Morgan fingerprint density at radius 1 is 1.50 bits per heavy atom. The number of carbonyl (C=O) groups is 1. The van der Waals surface area contributed by atoms with Crippen molar-refractivity contribution in [1.29, 1.82) is 0 Å². The van der Waals surface area contributed by atoms with E-state index in [9.17, 15) is 4.79 Å². The zero-order chi connectivity index (χ0) is 7.19. The first-order valence-corrected chi connectivity index (χ1v) is 4.26. The van der Waals surface area contributed by atoms with E-state index in [4.69, 9.17) is 0 Å². The smallest absolute Gasteiger partial charge is 0.139 e. The van der Waals surface area contributed by atoms with Gasteiger partial charge >= 0.3 is 0 Å². The van der Waals surface area contributed by atoms with Crippen molar-refractivity contribution in [1.82, 2.24) is 0 Å². The molecular weight excluding hydrogens is 124 g/mol. The molecule has 0 amide bonds. The normalized spacial score (nSPS) is 46.1. The second-order valence-corrected chi connectivity index (χ2v) is 4.05. The Kier molecular flexibility index (Phi) is 1.17. The fourth-order valence-corrected chi connectivity index (χ4v) is 2.45. The minimum Gasteiger partial charge on any atom is -0.299 e. The van der Waals surface area contributed by atoms with Gasteiger partial charge in [-0.15, -0.1) is 0 Å². The summed E-state index contributed by atoms with van der Waals surface area (Å²) in [4.78, 5) is 11.2. The molecular formula is C9H14O. The molecule has 0 heterocycles. The maximum absolute atomic E-state index is 11.2. The summed E-state index contributed by atoms with van der Waals surface area (Å²) in [5.41, 5.74) is 0.208. The van der Waals surface area contributed by atoms with Gasteiger partial charge in [0.25, 0.3) is 0 Å². The number of Topliss-reactive ketones (excluding diaryl/α,β-unsaturated/α-hetero) is 1. The SMILES string of the molecule is CC1CCC2(CCC2=O)C1. The van der Waals surface area contributed by atoms with Gasteiger partial charge < -0.3 is 0 Å². The first-order chi connectivity index (χ1) is 4.73. The summed E-state index contributed by atoms with van der Waals surface area (Å²) in [6.45, 7) is 2.26. The summed E-state index contributed by atoms with van der Waals surface area (Å²) in [5.74, 6) is 1.36. The number of ketones is 1. The maximum Gasteiger partial charge on any atom is 0.139 e. The third-order valence-corrected chi connectivity index (χ3v) is 3.28. The fourth-order valence-electron chi connectivity index (χ4n) is 2.45. The van der Waals surface area contributed by atoms with Crippen LogP contribution in [0.25, 0.3) is 0 Å². The monoisotopic (exact) mass is 138 g/mol. The second-order valence-electron chi connectivity index (χ2n) is 4.05. The Morgan fingerprint density at radius 3 is 2.50 bits per heavy atom. The molecule has 0 radical (unpaired) electrons. The number of hydrogen-bond acceptors (Lipinski definition) is 1. The van der Waals surface area contributed by atoms with Gasteiger partial charge in [-0.2, -0.15) is 0 Å². The van der Waals surface area contributed by atoms with E-state index in [-0.39, 0.29) is 5.41 Å². The molecule has 1 spiro atoms. The summed E-state index contributed by atoms with van der Waals surface area (Å²) in [6, 6.07) is 0. The fraction of sp³-hybridized carbons (Fsp3) is 0.889. The quantitative estimate of drug-likeness (QED) is 0.501. The van der Waals surface area contributed by atoms with Gasteiger partial charge in [0.15, 0.2) is 0 Å². The average Bonchev–Trinajstić information content (AvgIpc) is 2.31. The number of hydrogen-bond donors (Lipinski definition) is 0. The molecule has 0 bridgehead atoms. The Labute approximate surface area is 61.8 Å². The predicted octanol–water partition coefficient (Wildman–Crippen LogP) is 2.16. The molecule has 10 heavy (non-hydrogen) atoms. The second kappa shape index (κ2) is 1.84. The molecule has 2 atom stereocenters. The molecule has 56 valence electrons. The van der Waals surface area contributed by atoms with E-state index in [1.807, 2.05) is 0 Å². The lowest BCUT2D eigenvalue weighted by Gasteiger charge is -2.36. The van der Waals surface area contributed by atoms with Crippen LogP contribution in [0.1, 0.15) is 39.0 Å². The molecule has 2 saturated carbocycles. The van der Waals surface area contributed by atoms with Crippen LogP contribution in [-0.4, -0.2) is 5.78 Å². The minimum atomic E-state index is 0.208. The first kappa shape index (κ1) is 6.38. The summed E-state index contributed by atoms with van der Waals surface area (Å²) >= 11 is 0. The van der Waals surface area contributed by atoms with E-state index in [0.29, 0.717) is 5.78 Å². The minimum absolute atomic E-state index is 0.208. The molecule has 2 aliphatic rings. The van der Waals surface area contributed by atoms with Gasteiger partial charge in [-0.3, -0.25) is 4.79 Å². The van der Waals surface area contributed by atoms with Crippen molar-refractivity contribution in [2.45, 2.75) is 39.0 Å². The van der Waals surface area contributed by atoms with Crippen molar-refractivity contribution in [2.24, 2.45) is 11.3 Å². The van der Waals surface area contributed by atoms with Crippen LogP contribution in [0.5, 0.6) is 0 Å². The molecule has 2 unspecified atom stereocenters. The summed E-state index contributed by atoms with van der Waals surface area (Å²) in [7, 11) is 0. The van der Waals surface area contributed by atoms with Crippen LogP contribution in [0.3, 0.4) is 0 Å². The molecule has 0 saturated heterocycles. The molecule has 2 aliphatic carbocycles. The average molecular weight is 138 g/mol. The van der Waals surface area contributed by atoms with Gasteiger partial charge in [-0.1, -0.05) is 6.92 Å². The summed E-state index contributed by atoms with van der Waals surface area (Å²) < 4.78 is 0. The molecule has 1 nitrogen and oxygen atoms in total. The van der Waals surface area contributed by atoms with Gasteiger partial charge in [0.1, 0.15) is 5.78 Å². The van der Waals surface area contributed by atoms with Crippen LogP contribution in [0, 0.1) is 11.3 Å². The number of carbonyl (C=O) groups excluding carboxylic acids is 1. The number of rotatable bonds is 0. The van der Waals surface area contributed by atoms with Crippen LogP contribution in [-0.2, 0) is 4.79 Å². The highest BCUT2D eigenvalue weighted by Gasteiger charge is 2.49. The van der Waals surface area contributed by atoms with Gasteiger partial charge in [0.2, 0.25) is 0 Å². The molecule has 0 aromatic heterocycles. The van der Waals surface area contributed by atoms with Crippen LogP contribution >= 0.6 is 0 Å². The maximum atomic E-state index is 11.2. The largest absolute Gasteiger partial charge is 0.299 e. The summed E-state index contributed by atoms with van der Waals surface area (Å²) in [6.07, 6.45) is 5.72. The molecule has 0 aromatic rings. The van der Waals surface area contributed by atoms with Crippen molar-refractivity contribution >= 4 is 5.78 Å². The molecule has 2 rings (SSSR count). The van der Waals surface area contributed by atoms with Crippen molar-refractivity contribution in [3.63, 3.8) is 0 Å². The van der Waals surface area contributed by atoms with Crippen LogP contribution in [0.4, 0.5) is 0 Å². The third kappa shape index (κ3) is 0.664. The Morgan fingerprint density at radius 2 is 2.30 bits per heavy atom. The molecule has 0 aromatic carbocycles. The highest BCUT2D eigenvalue weighted by molar-refractivity contribution is 5.90. The highest BCUT2D eigenvalue weighted by atomic mass is 16.1. The van der Waals surface area contributed by atoms with Crippen molar-refractivity contribution in [2.75, 3.05) is 0 Å². The standard InChI is InChI=1S/C9H14O/c1-7-2-4-9(6-7)5-3-8(9)10/h7H,2-6H2,1H3. The van der Waals surface area contributed by atoms with Gasteiger partial charge in [0, 0.05) is 11.8 Å². The van der Waals surface area contributed by atoms with E-state index in [1.165, 1.54) is 25.7 Å². The topological polar surface area (TPSA) is 17.1 Å². The lowest BCUT2D eigenvalue weighted by Crippen LogP contribution is -2.38. The molecule has 0 aliphatic heterocycles. The van der Waals surface area contributed by atoms with Crippen molar-refractivity contribution < 1.29 is 4.79 Å². The van der Waals surface area contributed by atoms with E-state index in [1.54, 1.807) is 0 Å². The van der Waals surface area contributed by atoms with Gasteiger partial charge in [0.05, 0.1) is 0 Å². The zero-order valence-electron chi connectivity index (χ0n) is 6.52. The van der Waals surface area contributed by atoms with Crippen LogP contribution < -0.4 is 0 Å². The van der Waals surface area contributed by atoms with Crippen molar-refractivity contribution in [3.05, 3.63) is 0 Å². The Balaban J connectivity index is 2.11. The first-order valence-electron chi connectivity index (χ1n) is 4.26. The Bertz CT molecular complexity index is 174. The molecule has 2 fully saturated rings. The van der Waals surface area contributed by atoms with E-state index in [0.717, 1.165) is 12.3 Å². The van der Waals surface area contributed by atoms with Gasteiger partial charge in [-0.05, 0) is 31.6 Å². The molecule has 1 heteroatoms. The van der Waals surface area contributed by atoms with Crippen LogP contribution in [0.2, 0.25) is 0 Å². The van der Waals surface area contributed by atoms with Crippen molar-refractivity contribution in [3.8, 4) is 0 Å². The zero-order valence-corrected chi connectivity index (χ0v) is 6.52. The Hall–Kier alpha value is -0.330. The van der Waals surface area contributed by atoms with E-state index < -0.39 is 0 Å². The van der Waals surface area contributed by atoms with E-state index >= 15 is 0 Å². The third-order valence-electron chi connectivity index (χ3n) is 3.28. The highest BCUT2D eigenvalue weighted by Crippen LogP contribution is 2.52. The van der Waals surface area contributed by atoms with Crippen LogP contribution in [0.15, 0.2) is 0 Å². The lowest BCUT2D eigenvalue weighted by atomic mass is 9.66.